The third-order valence-electron chi connectivity index (χ3n) is 7.22. The normalized spacial score (nSPS) is 17.1. The van der Waals surface area contributed by atoms with Crippen molar-refractivity contribution in [2.24, 2.45) is 0 Å². The number of imidazole rings is 1. The number of rotatable bonds is 7. The van der Waals surface area contributed by atoms with Crippen LogP contribution in [0.25, 0.3) is 28.4 Å². The number of pyridine rings is 1. The fourth-order valence-electron chi connectivity index (χ4n) is 5.11. The van der Waals surface area contributed by atoms with Gasteiger partial charge in [0.25, 0.3) is 0 Å². The van der Waals surface area contributed by atoms with Crippen molar-refractivity contribution in [1.82, 2.24) is 29.4 Å². The zero-order valence-corrected chi connectivity index (χ0v) is 21.8. The molecule has 0 radical (unpaired) electrons. The zero-order valence-electron chi connectivity index (χ0n) is 21.8. The highest BCUT2D eigenvalue weighted by Gasteiger charge is 2.25. The van der Waals surface area contributed by atoms with Crippen molar-refractivity contribution in [3.8, 4) is 17.2 Å². The molecule has 0 bridgehead atoms. The lowest BCUT2D eigenvalue weighted by Gasteiger charge is -2.37. The Labute approximate surface area is 221 Å². The van der Waals surface area contributed by atoms with Gasteiger partial charge in [-0.3, -0.25) is 9.47 Å². The number of benzene rings is 1. The SMILES string of the molecule is CC(C)(O)CN1CCN(c2ccc3c(n2)nc(-c2ccc(F)cc2)n3-c2ccnc(NC3CCC3)n2)CC1. The summed E-state index contributed by atoms with van der Waals surface area (Å²) in [6.07, 6.45) is 5.22. The van der Waals surface area contributed by atoms with E-state index in [2.05, 4.69) is 20.1 Å². The first-order valence-corrected chi connectivity index (χ1v) is 13.3. The molecule has 1 aliphatic carbocycles. The van der Waals surface area contributed by atoms with Crippen molar-refractivity contribution < 1.29 is 9.50 Å². The monoisotopic (exact) mass is 516 g/mol. The highest BCUT2D eigenvalue weighted by atomic mass is 19.1. The standard InChI is InChI=1S/C28H33FN8O/c1-28(2,38)18-35-14-16-36(17-15-35)23-11-10-22-25(32-23)34-26(19-6-8-20(29)9-7-19)37(22)24-12-13-30-27(33-24)31-21-4-3-5-21/h6-13,21,38H,3-5,14-18H2,1-2H3,(H,30,31,33). The van der Waals surface area contributed by atoms with E-state index in [0.29, 0.717) is 35.8 Å². The third-order valence-corrected chi connectivity index (χ3v) is 7.22. The minimum Gasteiger partial charge on any atom is -0.389 e. The number of halogens is 1. The van der Waals surface area contributed by atoms with E-state index in [4.69, 9.17) is 15.0 Å². The summed E-state index contributed by atoms with van der Waals surface area (Å²) in [5.74, 6) is 2.49. The number of aromatic nitrogens is 5. The van der Waals surface area contributed by atoms with Crippen LogP contribution in [0, 0.1) is 5.82 Å². The summed E-state index contributed by atoms with van der Waals surface area (Å²) in [5.41, 5.74) is 1.49. The van der Waals surface area contributed by atoms with Crippen molar-refractivity contribution in [2.75, 3.05) is 42.9 Å². The molecule has 4 heterocycles. The highest BCUT2D eigenvalue weighted by Crippen LogP contribution is 2.30. The molecule has 0 amide bonds. The van der Waals surface area contributed by atoms with Gasteiger partial charge in [0, 0.05) is 50.5 Å². The molecule has 0 unspecified atom stereocenters. The van der Waals surface area contributed by atoms with Gasteiger partial charge in [0.2, 0.25) is 5.95 Å². The topological polar surface area (TPSA) is 95.2 Å². The Bertz CT molecular complexity index is 1420. The Morgan fingerprint density at radius 2 is 1.71 bits per heavy atom. The van der Waals surface area contributed by atoms with Crippen LogP contribution in [0.4, 0.5) is 16.2 Å². The maximum atomic E-state index is 13.7. The van der Waals surface area contributed by atoms with E-state index in [-0.39, 0.29) is 5.82 Å². The number of aliphatic hydroxyl groups is 1. The maximum absolute atomic E-state index is 13.7. The van der Waals surface area contributed by atoms with E-state index < -0.39 is 5.60 Å². The Kier molecular flexibility index (Phi) is 6.45. The second kappa shape index (κ2) is 9.92. The van der Waals surface area contributed by atoms with Crippen molar-refractivity contribution in [3.05, 3.63) is 54.5 Å². The molecule has 4 aromatic rings. The number of piperazine rings is 1. The van der Waals surface area contributed by atoms with E-state index in [0.717, 1.165) is 55.9 Å². The first-order chi connectivity index (χ1) is 18.3. The summed E-state index contributed by atoms with van der Waals surface area (Å²) in [6, 6.07) is 12.7. The van der Waals surface area contributed by atoms with E-state index in [9.17, 15) is 9.50 Å². The largest absolute Gasteiger partial charge is 0.389 e. The van der Waals surface area contributed by atoms with Gasteiger partial charge in [-0.15, -0.1) is 0 Å². The lowest BCUT2D eigenvalue weighted by Crippen LogP contribution is -2.50. The van der Waals surface area contributed by atoms with Gasteiger partial charge in [-0.2, -0.15) is 4.98 Å². The smallest absolute Gasteiger partial charge is 0.224 e. The summed E-state index contributed by atoms with van der Waals surface area (Å²) in [5, 5.41) is 13.6. The number of fused-ring (bicyclic) bond motifs is 1. The first-order valence-electron chi connectivity index (χ1n) is 13.3. The van der Waals surface area contributed by atoms with Gasteiger partial charge < -0.3 is 15.3 Å². The predicted octanol–water partition coefficient (Wildman–Crippen LogP) is 3.87. The van der Waals surface area contributed by atoms with Gasteiger partial charge >= 0.3 is 0 Å². The average Bonchev–Trinajstić information content (AvgIpc) is 3.25. The number of anilines is 2. The van der Waals surface area contributed by atoms with Crippen LogP contribution in [0.2, 0.25) is 0 Å². The highest BCUT2D eigenvalue weighted by molar-refractivity contribution is 5.81. The molecule has 10 heteroatoms. The Morgan fingerprint density at radius 3 is 2.39 bits per heavy atom. The summed E-state index contributed by atoms with van der Waals surface area (Å²) in [7, 11) is 0. The molecule has 1 aliphatic heterocycles. The van der Waals surface area contributed by atoms with Crippen LogP contribution in [0.3, 0.4) is 0 Å². The molecular formula is C28H33FN8O. The molecule has 0 atom stereocenters. The zero-order chi connectivity index (χ0) is 26.3. The number of nitrogens with one attached hydrogen (secondary N) is 1. The van der Waals surface area contributed by atoms with Crippen molar-refractivity contribution in [3.63, 3.8) is 0 Å². The van der Waals surface area contributed by atoms with Crippen LogP contribution < -0.4 is 10.2 Å². The average molecular weight is 517 g/mol. The predicted molar refractivity (Wildman–Crippen MR) is 146 cm³/mol. The van der Waals surface area contributed by atoms with Crippen molar-refractivity contribution >= 4 is 22.9 Å². The summed E-state index contributed by atoms with van der Waals surface area (Å²) in [6.45, 7) is 7.69. The molecule has 3 aromatic heterocycles. The molecule has 1 saturated carbocycles. The van der Waals surface area contributed by atoms with Crippen LogP contribution in [-0.4, -0.2) is 78.9 Å². The van der Waals surface area contributed by atoms with Gasteiger partial charge in [0.05, 0.1) is 11.1 Å². The van der Waals surface area contributed by atoms with Crippen LogP contribution >= 0.6 is 0 Å². The lowest BCUT2D eigenvalue weighted by atomic mass is 9.93. The van der Waals surface area contributed by atoms with E-state index in [1.807, 2.05) is 36.6 Å². The van der Waals surface area contributed by atoms with Crippen molar-refractivity contribution in [1.29, 1.82) is 0 Å². The number of hydrogen-bond donors (Lipinski definition) is 2. The number of β-amino-alcohol motifs (C(OH)–C–C–N with tert-alkyl or cyclic N) is 1. The third kappa shape index (κ3) is 5.19. The van der Waals surface area contributed by atoms with Crippen LogP contribution in [0.15, 0.2) is 48.7 Å². The quantitative estimate of drug-likeness (QED) is 0.382. The molecule has 0 spiro atoms. The van der Waals surface area contributed by atoms with Crippen LogP contribution in [-0.2, 0) is 0 Å². The molecule has 6 rings (SSSR count). The number of hydrogen-bond acceptors (Lipinski definition) is 8. The molecule has 2 aliphatic rings. The summed E-state index contributed by atoms with van der Waals surface area (Å²) >= 11 is 0. The first kappa shape index (κ1) is 24.7. The molecule has 198 valence electrons. The second-order valence-corrected chi connectivity index (χ2v) is 10.9. The molecule has 9 nitrogen and oxygen atoms in total. The number of nitrogens with zero attached hydrogens (tertiary/aromatic N) is 7. The minimum atomic E-state index is -0.711. The fourth-order valence-corrected chi connectivity index (χ4v) is 5.11. The molecule has 2 fully saturated rings. The molecule has 38 heavy (non-hydrogen) atoms. The molecule has 2 N–H and O–H groups in total. The minimum absolute atomic E-state index is 0.297. The Hall–Kier alpha value is -3.63. The van der Waals surface area contributed by atoms with Gasteiger partial charge in [-0.25, -0.2) is 19.3 Å². The second-order valence-electron chi connectivity index (χ2n) is 10.9. The van der Waals surface area contributed by atoms with Gasteiger partial charge in [-0.05, 0) is 75.6 Å². The van der Waals surface area contributed by atoms with Crippen LogP contribution in [0.1, 0.15) is 33.1 Å². The van der Waals surface area contributed by atoms with Crippen molar-refractivity contribution in [2.45, 2.75) is 44.8 Å². The summed E-state index contributed by atoms with van der Waals surface area (Å²) < 4.78 is 15.7. The van der Waals surface area contributed by atoms with Crippen LogP contribution in [0.5, 0.6) is 0 Å². The lowest BCUT2D eigenvalue weighted by molar-refractivity contribution is 0.0344. The Morgan fingerprint density at radius 1 is 0.947 bits per heavy atom. The van der Waals surface area contributed by atoms with Gasteiger partial charge in [0.15, 0.2) is 5.65 Å². The Balaban J connectivity index is 1.35. The van der Waals surface area contributed by atoms with E-state index in [1.54, 1.807) is 18.3 Å². The summed E-state index contributed by atoms with van der Waals surface area (Å²) in [4.78, 5) is 23.6. The molecule has 1 aromatic carbocycles. The molecular weight excluding hydrogens is 483 g/mol. The van der Waals surface area contributed by atoms with Gasteiger partial charge in [0.1, 0.15) is 23.3 Å². The van der Waals surface area contributed by atoms with Gasteiger partial charge in [-0.1, -0.05) is 0 Å². The molecule has 1 saturated heterocycles. The van der Waals surface area contributed by atoms with E-state index in [1.165, 1.54) is 18.6 Å². The maximum Gasteiger partial charge on any atom is 0.224 e. The van der Waals surface area contributed by atoms with E-state index >= 15 is 0 Å². The fraction of sp³-hybridized carbons (Fsp3) is 0.429.